The topological polar surface area (TPSA) is 49.8 Å². The number of rotatable bonds is 2. The summed E-state index contributed by atoms with van der Waals surface area (Å²) < 4.78 is 18.5. The molecule has 0 radical (unpaired) electrons. The minimum atomic E-state index is -0.540. The van der Waals surface area contributed by atoms with Crippen LogP contribution in [0.4, 0.5) is 4.39 Å². The molecule has 0 saturated carbocycles. The van der Waals surface area contributed by atoms with Crippen LogP contribution in [-0.4, -0.2) is 47.0 Å². The molecular weight excluding hydrogens is 305 g/mol. The van der Waals surface area contributed by atoms with Gasteiger partial charge < -0.3 is 14.7 Å². The van der Waals surface area contributed by atoms with E-state index in [4.69, 9.17) is 4.74 Å². The maximum atomic E-state index is 13.1. The van der Waals surface area contributed by atoms with Crippen molar-refractivity contribution < 1.29 is 19.0 Å². The summed E-state index contributed by atoms with van der Waals surface area (Å²) in [7, 11) is 0. The summed E-state index contributed by atoms with van der Waals surface area (Å²) >= 11 is 3.30. The monoisotopic (exact) mass is 317 g/mol. The smallest absolute Gasteiger partial charge is 0.257 e. The second-order valence-corrected chi connectivity index (χ2v) is 4.71. The third kappa shape index (κ3) is 2.81. The fourth-order valence-electron chi connectivity index (χ4n) is 1.85. The Hall–Kier alpha value is -1.14. The Morgan fingerprint density at radius 1 is 1.61 bits per heavy atom. The number of aromatic hydroxyl groups is 1. The van der Waals surface area contributed by atoms with E-state index in [0.717, 1.165) is 12.1 Å². The zero-order valence-corrected chi connectivity index (χ0v) is 11.2. The highest BCUT2D eigenvalue weighted by molar-refractivity contribution is 9.09. The van der Waals surface area contributed by atoms with Gasteiger partial charge in [-0.3, -0.25) is 4.79 Å². The molecule has 1 amide bonds. The lowest BCUT2D eigenvalue weighted by molar-refractivity contribution is -0.00976. The van der Waals surface area contributed by atoms with Gasteiger partial charge in [-0.1, -0.05) is 15.9 Å². The summed E-state index contributed by atoms with van der Waals surface area (Å²) in [6, 6.07) is 3.36. The zero-order chi connectivity index (χ0) is 13.1. The van der Waals surface area contributed by atoms with Gasteiger partial charge >= 0.3 is 0 Å². The molecular formula is C12H13BrFNO3. The first kappa shape index (κ1) is 13.3. The van der Waals surface area contributed by atoms with E-state index in [1.807, 2.05) is 0 Å². The summed E-state index contributed by atoms with van der Waals surface area (Å²) in [5.74, 6) is -1.12. The molecule has 1 N–H and O–H groups in total. The number of amides is 1. The molecule has 4 nitrogen and oxygen atoms in total. The van der Waals surface area contributed by atoms with Crippen LogP contribution in [0.5, 0.6) is 5.75 Å². The Balaban J connectivity index is 2.17. The van der Waals surface area contributed by atoms with Gasteiger partial charge in [0.05, 0.1) is 18.3 Å². The lowest BCUT2D eigenvalue weighted by atomic mass is 10.1. The lowest BCUT2D eigenvalue weighted by Crippen LogP contribution is -2.46. The average Bonchev–Trinajstić information content (AvgIpc) is 2.41. The molecule has 1 fully saturated rings. The van der Waals surface area contributed by atoms with Gasteiger partial charge in [0, 0.05) is 18.4 Å². The minimum Gasteiger partial charge on any atom is -0.507 e. The summed E-state index contributed by atoms with van der Waals surface area (Å²) in [4.78, 5) is 13.7. The van der Waals surface area contributed by atoms with E-state index in [-0.39, 0.29) is 23.3 Å². The summed E-state index contributed by atoms with van der Waals surface area (Å²) in [6.07, 6.45) is -0.0709. The van der Waals surface area contributed by atoms with Crippen molar-refractivity contribution >= 4 is 21.8 Å². The number of halogens is 2. The van der Waals surface area contributed by atoms with Crippen LogP contribution in [0.1, 0.15) is 10.4 Å². The quantitative estimate of drug-likeness (QED) is 0.846. The van der Waals surface area contributed by atoms with E-state index in [9.17, 15) is 14.3 Å². The third-order valence-corrected chi connectivity index (χ3v) is 3.51. The fourth-order valence-corrected chi connectivity index (χ4v) is 2.24. The number of benzene rings is 1. The van der Waals surface area contributed by atoms with Crippen LogP contribution in [0.2, 0.25) is 0 Å². The maximum absolute atomic E-state index is 13.1. The number of nitrogens with zero attached hydrogens (tertiary/aromatic N) is 1. The number of ether oxygens (including phenoxy) is 1. The summed E-state index contributed by atoms with van der Waals surface area (Å²) in [5.41, 5.74) is -0.00905. The Morgan fingerprint density at radius 3 is 3.11 bits per heavy atom. The van der Waals surface area contributed by atoms with Crippen molar-refractivity contribution in [1.82, 2.24) is 4.90 Å². The molecule has 0 bridgehead atoms. The number of hydrogen-bond acceptors (Lipinski definition) is 3. The summed E-state index contributed by atoms with van der Waals surface area (Å²) in [6.45, 7) is 1.32. The van der Waals surface area contributed by atoms with Crippen LogP contribution < -0.4 is 0 Å². The highest BCUT2D eigenvalue weighted by Gasteiger charge is 2.26. The molecule has 2 rings (SSSR count). The molecule has 0 spiro atoms. The second-order valence-electron chi connectivity index (χ2n) is 4.06. The predicted molar refractivity (Wildman–Crippen MR) is 67.5 cm³/mol. The van der Waals surface area contributed by atoms with Gasteiger partial charge in [-0.05, 0) is 18.2 Å². The third-order valence-electron chi connectivity index (χ3n) is 2.79. The van der Waals surface area contributed by atoms with E-state index in [1.54, 1.807) is 4.90 Å². The standard InChI is InChI=1S/C12H13BrFNO3/c13-6-9-7-15(3-4-18-9)12(17)10-5-8(14)1-2-11(10)16/h1-2,5,9,16H,3-4,6-7H2. The number of phenols is 1. The van der Waals surface area contributed by atoms with Crippen molar-refractivity contribution in [3.8, 4) is 5.75 Å². The normalized spacial score (nSPS) is 19.9. The van der Waals surface area contributed by atoms with Gasteiger partial charge in [0.2, 0.25) is 0 Å². The number of hydrogen-bond donors (Lipinski definition) is 1. The van der Waals surface area contributed by atoms with Crippen LogP contribution in [0.25, 0.3) is 0 Å². The molecule has 1 aromatic rings. The highest BCUT2D eigenvalue weighted by atomic mass is 79.9. The molecule has 1 saturated heterocycles. The Labute approximate surface area is 112 Å². The van der Waals surface area contributed by atoms with Gasteiger partial charge in [0.25, 0.3) is 5.91 Å². The van der Waals surface area contributed by atoms with Gasteiger partial charge in [-0.2, -0.15) is 0 Å². The number of carbonyl (C=O) groups is 1. The molecule has 1 aliphatic heterocycles. The molecule has 0 aliphatic carbocycles. The first-order valence-electron chi connectivity index (χ1n) is 5.57. The van der Waals surface area contributed by atoms with Crippen molar-refractivity contribution in [1.29, 1.82) is 0 Å². The molecule has 18 heavy (non-hydrogen) atoms. The predicted octanol–water partition coefficient (Wildman–Crippen LogP) is 1.77. The second kappa shape index (κ2) is 5.67. The van der Waals surface area contributed by atoms with E-state index >= 15 is 0 Å². The zero-order valence-electron chi connectivity index (χ0n) is 9.60. The van der Waals surface area contributed by atoms with E-state index in [0.29, 0.717) is 25.0 Å². The minimum absolute atomic E-state index is 0.00905. The Kier molecular flexibility index (Phi) is 4.19. The van der Waals surface area contributed by atoms with Crippen molar-refractivity contribution in [3.05, 3.63) is 29.6 Å². The molecule has 98 valence electrons. The maximum Gasteiger partial charge on any atom is 0.257 e. The lowest BCUT2D eigenvalue weighted by Gasteiger charge is -2.32. The SMILES string of the molecule is O=C(c1cc(F)ccc1O)N1CCOC(CBr)C1. The van der Waals surface area contributed by atoms with E-state index < -0.39 is 5.82 Å². The number of morpholine rings is 1. The van der Waals surface area contributed by atoms with Gasteiger partial charge in [0.15, 0.2) is 0 Å². The van der Waals surface area contributed by atoms with Gasteiger partial charge in [-0.15, -0.1) is 0 Å². The highest BCUT2D eigenvalue weighted by Crippen LogP contribution is 2.21. The molecule has 1 aliphatic rings. The summed E-state index contributed by atoms with van der Waals surface area (Å²) in [5, 5.41) is 10.2. The van der Waals surface area contributed by atoms with Crippen LogP contribution >= 0.6 is 15.9 Å². The number of phenolic OH excluding ortho intramolecular Hbond substituents is 1. The Bertz CT molecular complexity index is 455. The van der Waals surface area contributed by atoms with Crippen LogP contribution in [0.15, 0.2) is 18.2 Å². The molecule has 1 aromatic carbocycles. The van der Waals surface area contributed by atoms with Gasteiger partial charge in [-0.25, -0.2) is 4.39 Å². The van der Waals surface area contributed by atoms with Crippen LogP contribution in [0, 0.1) is 5.82 Å². The fraction of sp³-hybridized carbons (Fsp3) is 0.417. The van der Waals surface area contributed by atoms with Crippen LogP contribution in [-0.2, 0) is 4.74 Å². The first-order valence-corrected chi connectivity index (χ1v) is 6.69. The Morgan fingerprint density at radius 2 is 2.39 bits per heavy atom. The first-order chi connectivity index (χ1) is 8.61. The van der Waals surface area contributed by atoms with Crippen molar-refractivity contribution in [2.75, 3.05) is 25.0 Å². The molecule has 6 heteroatoms. The van der Waals surface area contributed by atoms with Crippen molar-refractivity contribution in [2.45, 2.75) is 6.10 Å². The largest absolute Gasteiger partial charge is 0.507 e. The van der Waals surface area contributed by atoms with Crippen molar-refractivity contribution in [3.63, 3.8) is 0 Å². The van der Waals surface area contributed by atoms with Gasteiger partial charge in [0.1, 0.15) is 11.6 Å². The van der Waals surface area contributed by atoms with Crippen molar-refractivity contribution in [2.24, 2.45) is 0 Å². The molecule has 1 atom stereocenters. The molecule has 1 unspecified atom stereocenters. The molecule has 0 aromatic heterocycles. The van der Waals surface area contributed by atoms with Crippen LogP contribution in [0.3, 0.4) is 0 Å². The van der Waals surface area contributed by atoms with E-state index in [1.165, 1.54) is 6.07 Å². The number of alkyl halides is 1. The average molecular weight is 318 g/mol. The van der Waals surface area contributed by atoms with E-state index in [2.05, 4.69) is 15.9 Å². The molecule has 1 heterocycles. The number of carbonyl (C=O) groups excluding carboxylic acids is 1.